The molecule has 0 aliphatic carbocycles. The van der Waals surface area contributed by atoms with Gasteiger partial charge in [0.25, 0.3) is 0 Å². The van der Waals surface area contributed by atoms with Gasteiger partial charge in [-0.25, -0.2) is 4.79 Å². The Morgan fingerprint density at radius 1 is 1.35 bits per heavy atom. The summed E-state index contributed by atoms with van der Waals surface area (Å²) in [5.74, 6) is -0.240. The summed E-state index contributed by atoms with van der Waals surface area (Å²) >= 11 is 3.40. The molecule has 3 N–H and O–H groups in total. The van der Waals surface area contributed by atoms with Gasteiger partial charge in [-0.1, -0.05) is 31.5 Å². The van der Waals surface area contributed by atoms with Crippen LogP contribution in [0.2, 0.25) is 0 Å². The molecule has 1 aromatic heterocycles. The number of benzene rings is 1. The number of rotatable bonds is 1. The van der Waals surface area contributed by atoms with Crippen molar-refractivity contribution in [3.63, 3.8) is 0 Å². The van der Waals surface area contributed by atoms with Gasteiger partial charge in [-0.2, -0.15) is 0 Å². The van der Waals surface area contributed by atoms with Crippen molar-refractivity contribution in [2.75, 3.05) is 5.32 Å². The van der Waals surface area contributed by atoms with Crippen molar-refractivity contribution >= 4 is 33.6 Å². The van der Waals surface area contributed by atoms with E-state index in [1.54, 1.807) is 6.20 Å². The summed E-state index contributed by atoms with van der Waals surface area (Å²) in [7, 11) is 0. The summed E-state index contributed by atoms with van der Waals surface area (Å²) in [6.07, 6.45) is 2.68. The number of carboxylic acid groups (broad SMARTS) is 1. The highest BCUT2D eigenvalue weighted by Gasteiger charge is 2.21. The van der Waals surface area contributed by atoms with E-state index in [1.807, 2.05) is 37.3 Å². The molecule has 136 valence electrons. The molecule has 2 aromatic rings. The SMILES string of the molecule is C[C@@H]1CCC[C@H](NC(=O)O)c2cccc(c2)-c2ncc(Br)cc2NC1=O. The number of anilines is 1. The highest BCUT2D eigenvalue weighted by atomic mass is 79.9. The lowest BCUT2D eigenvalue weighted by atomic mass is 9.94. The minimum absolute atomic E-state index is 0.0642. The second-order valence-corrected chi connectivity index (χ2v) is 7.41. The Labute approximate surface area is 160 Å². The fourth-order valence-electron chi connectivity index (χ4n) is 3.15. The van der Waals surface area contributed by atoms with Crippen molar-refractivity contribution in [3.8, 4) is 11.3 Å². The van der Waals surface area contributed by atoms with Crippen LogP contribution in [0.3, 0.4) is 0 Å². The highest BCUT2D eigenvalue weighted by Crippen LogP contribution is 2.32. The van der Waals surface area contributed by atoms with Crippen LogP contribution in [-0.4, -0.2) is 22.1 Å². The molecule has 3 rings (SSSR count). The first-order valence-electron chi connectivity index (χ1n) is 8.50. The minimum atomic E-state index is -1.05. The van der Waals surface area contributed by atoms with Gasteiger partial charge in [0, 0.05) is 22.2 Å². The zero-order valence-electron chi connectivity index (χ0n) is 14.3. The van der Waals surface area contributed by atoms with Crippen molar-refractivity contribution in [2.24, 2.45) is 5.92 Å². The topological polar surface area (TPSA) is 91.3 Å². The van der Waals surface area contributed by atoms with Gasteiger partial charge in [0.1, 0.15) is 0 Å². The Hall–Kier alpha value is -2.41. The maximum Gasteiger partial charge on any atom is 0.405 e. The van der Waals surface area contributed by atoms with Gasteiger partial charge >= 0.3 is 6.09 Å². The maximum atomic E-state index is 12.5. The number of amides is 2. The summed E-state index contributed by atoms with van der Waals surface area (Å²) in [6.45, 7) is 1.88. The normalized spacial score (nSPS) is 20.2. The van der Waals surface area contributed by atoms with E-state index < -0.39 is 6.09 Å². The number of halogens is 1. The lowest BCUT2D eigenvalue weighted by Crippen LogP contribution is -2.27. The standard InChI is InChI=1S/C19H20BrN3O3/c1-11-4-2-7-15(23-19(25)26)12-5-3-6-13(8-12)17-16(22-18(11)24)9-14(20)10-21-17/h3,5-6,8-11,15,23H,2,4,7H2,1H3,(H,22,24)(H,25,26)/t11-,15+/m1/s1. The van der Waals surface area contributed by atoms with E-state index in [1.165, 1.54) is 0 Å². The van der Waals surface area contributed by atoms with Crippen LogP contribution in [0.25, 0.3) is 11.3 Å². The van der Waals surface area contributed by atoms with Crippen LogP contribution in [0.1, 0.15) is 37.8 Å². The molecule has 2 amide bonds. The number of fused-ring (bicyclic) bond motifs is 4. The minimum Gasteiger partial charge on any atom is -0.465 e. The Morgan fingerprint density at radius 3 is 2.92 bits per heavy atom. The van der Waals surface area contributed by atoms with E-state index in [0.29, 0.717) is 24.2 Å². The molecule has 2 heterocycles. The van der Waals surface area contributed by atoms with Gasteiger partial charge in [-0.3, -0.25) is 9.78 Å². The molecule has 0 fully saturated rings. The number of carbonyl (C=O) groups is 2. The third-order valence-electron chi connectivity index (χ3n) is 4.55. The summed E-state index contributed by atoms with van der Waals surface area (Å²) in [5, 5.41) is 14.7. The Morgan fingerprint density at radius 2 is 2.15 bits per heavy atom. The zero-order chi connectivity index (χ0) is 18.7. The highest BCUT2D eigenvalue weighted by molar-refractivity contribution is 9.10. The van der Waals surface area contributed by atoms with Crippen LogP contribution in [0.5, 0.6) is 0 Å². The number of hydrogen-bond acceptors (Lipinski definition) is 3. The quantitative estimate of drug-likeness (QED) is 0.632. The molecule has 26 heavy (non-hydrogen) atoms. The lowest BCUT2D eigenvalue weighted by Gasteiger charge is -2.21. The molecule has 0 radical (unpaired) electrons. The first kappa shape index (κ1) is 18.4. The van der Waals surface area contributed by atoms with Crippen LogP contribution in [0.15, 0.2) is 41.0 Å². The van der Waals surface area contributed by atoms with Crippen LogP contribution < -0.4 is 10.6 Å². The van der Waals surface area contributed by atoms with Gasteiger partial charge in [-0.15, -0.1) is 0 Å². The van der Waals surface area contributed by atoms with Crippen molar-refractivity contribution in [1.82, 2.24) is 10.3 Å². The molecule has 1 aliphatic heterocycles. The third kappa shape index (κ3) is 4.22. The predicted octanol–water partition coefficient (Wildman–Crippen LogP) is 4.58. The Bertz CT molecular complexity index is 841. The van der Waals surface area contributed by atoms with Crippen molar-refractivity contribution in [1.29, 1.82) is 0 Å². The zero-order valence-corrected chi connectivity index (χ0v) is 15.9. The predicted molar refractivity (Wildman–Crippen MR) is 103 cm³/mol. The van der Waals surface area contributed by atoms with E-state index in [-0.39, 0.29) is 17.9 Å². The fraction of sp³-hybridized carbons (Fsp3) is 0.316. The number of nitrogens with zero attached hydrogens (tertiary/aromatic N) is 1. The summed E-state index contributed by atoms with van der Waals surface area (Å²) in [5.41, 5.74) is 3.01. The molecule has 6 nitrogen and oxygen atoms in total. The van der Waals surface area contributed by atoms with Crippen LogP contribution in [-0.2, 0) is 4.79 Å². The monoisotopic (exact) mass is 417 g/mol. The first-order valence-corrected chi connectivity index (χ1v) is 9.29. The van der Waals surface area contributed by atoms with Gasteiger partial charge in [0.2, 0.25) is 5.91 Å². The van der Waals surface area contributed by atoms with E-state index in [0.717, 1.165) is 22.0 Å². The molecular weight excluding hydrogens is 398 g/mol. The molecule has 1 aliphatic rings. The summed E-state index contributed by atoms with van der Waals surface area (Å²) < 4.78 is 0.776. The van der Waals surface area contributed by atoms with Crippen LogP contribution in [0.4, 0.5) is 10.5 Å². The Balaban J connectivity index is 2.10. The van der Waals surface area contributed by atoms with Gasteiger partial charge in [0.15, 0.2) is 0 Å². The second kappa shape index (κ2) is 7.86. The Kier molecular flexibility index (Phi) is 5.56. The molecule has 7 heteroatoms. The number of carbonyl (C=O) groups excluding carboxylic acids is 1. The van der Waals surface area contributed by atoms with E-state index in [9.17, 15) is 14.7 Å². The average molecular weight is 418 g/mol. The van der Waals surface area contributed by atoms with Gasteiger partial charge in [0.05, 0.1) is 17.4 Å². The van der Waals surface area contributed by atoms with E-state index in [2.05, 4.69) is 31.5 Å². The number of pyridine rings is 1. The number of hydrogen-bond donors (Lipinski definition) is 3. The van der Waals surface area contributed by atoms with E-state index in [4.69, 9.17) is 0 Å². The second-order valence-electron chi connectivity index (χ2n) is 6.50. The third-order valence-corrected chi connectivity index (χ3v) is 4.98. The fourth-order valence-corrected chi connectivity index (χ4v) is 3.49. The van der Waals surface area contributed by atoms with Crippen molar-refractivity contribution in [2.45, 2.75) is 32.2 Å². The van der Waals surface area contributed by atoms with Gasteiger partial charge < -0.3 is 15.7 Å². The molecular formula is C19H20BrN3O3. The lowest BCUT2D eigenvalue weighted by molar-refractivity contribution is -0.119. The molecule has 0 saturated heterocycles. The smallest absolute Gasteiger partial charge is 0.405 e. The molecule has 2 bridgehead atoms. The number of aromatic nitrogens is 1. The number of nitrogens with one attached hydrogen (secondary N) is 2. The first-order chi connectivity index (χ1) is 12.4. The van der Waals surface area contributed by atoms with Crippen molar-refractivity contribution in [3.05, 3.63) is 46.6 Å². The van der Waals surface area contributed by atoms with E-state index >= 15 is 0 Å². The molecule has 1 aromatic carbocycles. The molecule has 0 unspecified atom stereocenters. The average Bonchev–Trinajstić information content (AvgIpc) is 2.60. The molecule has 0 saturated carbocycles. The largest absolute Gasteiger partial charge is 0.465 e. The summed E-state index contributed by atoms with van der Waals surface area (Å²) in [4.78, 5) is 28.2. The van der Waals surface area contributed by atoms with Crippen molar-refractivity contribution < 1.29 is 14.7 Å². The van der Waals surface area contributed by atoms with Crippen LogP contribution in [0, 0.1) is 5.92 Å². The molecule has 2 atom stereocenters. The van der Waals surface area contributed by atoms with Crippen LogP contribution >= 0.6 is 15.9 Å². The van der Waals surface area contributed by atoms with Gasteiger partial charge in [-0.05, 0) is 46.5 Å². The summed E-state index contributed by atoms with van der Waals surface area (Å²) in [6, 6.07) is 9.14. The maximum absolute atomic E-state index is 12.5. The molecule has 0 spiro atoms.